The number of ether oxygens (including phenoxy) is 1. The normalized spacial score (nSPS) is 11.6. The Bertz CT molecular complexity index is 145. The second-order valence-corrected chi connectivity index (χ2v) is 3.80. The van der Waals surface area contributed by atoms with Gasteiger partial charge in [0, 0.05) is 12.0 Å². The molecule has 0 rings (SSSR count). The predicted molar refractivity (Wildman–Crippen MR) is 51.0 cm³/mol. The Morgan fingerprint density at radius 3 is 2.50 bits per heavy atom. The summed E-state index contributed by atoms with van der Waals surface area (Å²) in [4.78, 5) is 10.7. The largest absolute Gasteiger partial charge is 0.469 e. The third-order valence-corrected chi connectivity index (χ3v) is 3.05. The maximum atomic E-state index is 10.7. The van der Waals surface area contributed by atoms with Crippen LogP contribution in [0.4, 0.5) is 0 Å². The first-order chi connectivity index (χ1) is 5.52. The van der Waals surface area contributed by atoms with Gasteiger partial charge in [-0.1, -0.05) is 0 Å². The summed E-state index contributed by atoms with van der Waals surface area (Å²) in [6, 6.07) is 0. The second-order valence-electron chi connectivity index (χ2n) is 3.39. The predicted octanol–water partition coefficient (Wildman–Crippen LogP) is 0.405. The van der Waals surface area contributed by atoms with Crippen molar-refractivity contribution in [3.8, 4) is 0 Å². The first-order valence-electron chi connectivity index (χ1n) is 4.14. The summed E-state index contributed by atoms with van der Waals surface area (Å²) in [5.74, 6) is -0.140. The van der Waals surface area contributed by atoms with Crippen LogP contribution in [-0.4, -0.2) is 29.2 Å². The van der Waals surface area contributed by atoms with Gasteiger partial charge in [0.1, 0.15) is 10.5 Å². The highest BCUT2D eigenvalue weighted by Gasteiger charge is 2.15. The smallest absolute Gasteiger partial charge is 0.305 e. The van der Waals surface area contributed by atoms with Crippen LogP contribution in [0.3, 0.4) is 0 Å². The summed E-state index contributed by atoms with van der Waals surface area (Å²) in [7, 11) is 2.16. The molecule has 0 bridgehead atoms. The van der Waals surface area contributed by atoms with Crippen molar-refractivity contribution in [2.75, 3.05) is 7.11 Å². The summed E-state index contributed by atoms with van der Waals surface area (Å²) < 4.78 is 9.87. The first-order valence-corrected chi connectivity index (χ1v) is 4.95. The number of methoxy groups -OCH3 is 1. The maximum Gasteiger partial charge on any atom is 0.305 e. The molecule has 72 valence electrons. The van der Waals surface area contributed by atoms with Crippen LogP contribution in [0.15, 0.2) is 0 Å². The lowest BCUT2D eigenvalue weighted by atomic mass is 10.0. The van der Waals surface area contributed by atoms with Crippen LogP contribution < -0.4 is 0 Å². The topological polar surface area (TPSA) is 35.5 Å². The molecule has 0 N–H and O–H groups in total. The van der Waals surface area contributed by atoms with Gasteiger partial charge in [0.05, 0.1) is 7.11 Å². The van der Waals surface area contributed by atoms with Gasteiger partial charge in [0.15, 0.2) is 0 Å². The average Bonchev–Trinajstić information content (AvgIpc) is 2.04. The van der Waals surface area contributed by atoms with Crippen LogP contribution in [0.2, 0.25) is 0 Å². The van der Waals surface area contributed by atoms with Gasteiger partial charge in [0.25, 0.3) is 0 Å². The monoisotopic (exact) mass is 190 g/mol. The Hall–Kier alpha value is -0.353. The summed E-state index contributed by atoms with van der Waals surface area (Å²) in [5, 5.41) is 0. The fraction of sp³-hybridized carbons (Fsp3) is 0.875. The highest BCUT2D eigenvalue weighted by Crippen LogP contribution is 2.16. The van der Waals surface area contributed by atoms with Crippen molar-refractivity contribution >= 4 is 16.5 Å². The molecule has 0 fully saturated rings. The molecule has 0 radical (unpaired) electrons. The molecule has 0 atom stereocenters. The van der Waals surface area contributed by atoms with E-state index in [0.717, 1.165) is 23.3 Å². The Balaban J connectivity index is 3.49. The summed E-state index contributed by atoms with van der Waals surface area (Å²) >= 11 is 0. The van der Waals surface area contributed by atoms with Gasteiger partial charge < -0.3 is 9.16 Å². The molecule has 3 nitrogen and oxygen atoms in total. The number of carbonyl (C=O) groups is 1. The van der Waals surface area contributed by atoms with E-state index in [9.17, 15) is 4.79 Å². The Morgan fingerprint density at radius 2 is 2.08 bits per heavy atom. The van der Waals surface area contributed by atoms with Gasteiger partial charge in [0.2, 0.25) is 0 Å². The zero-order valence-corrected chi connectivity index (χ0v) is 10.3. The number of carbonyl (C=O) groups excluding carboxylic acids is 1. The molecule has 0 aliphatic heterocycles. The van der Waals surface area contributed by atoms with Gasteiger partial charge in [-0.15, -0.1) is 0 Å². The van der Waals surface area contributed by atoms with Crippen LogP contribution in [0.1, 0.15) is 33.1 Å². The van der Waals surface area contributed by atoms with Crippen LogP contribution >= 0.6 is 0 Å². The highest BCUT2D eigenvalue weighted by molar-refractivity contribution is 5.98. The zero-order valence-electron chi connectivity index (χ0n) is 8.35. The molecule has 12 heavy (non-hydrogen) atoms. The molecule has 0 aliphatic carbocycles. The minimum Gasteiger partial charge on any atom is -0.469 e. The van der Waals surface area contributed by atoms with E-state index >= 15 is 0 Å². The van der Waals surface area contributed by atoms with Crippen LogP contribution in [0.5, 0.6) is 0 Å². The molecule has 0 aromatic carbocycles. The van der Waals surface area contributed by atoms with Gasteiger partial charge in [-0.2, -0.15) is 0 Å². The lowest BCUT2D eigenvalue weighted by Crippen LogP contribution is -2.23. The molecule has 0 heterocycles. The number of hydrogen-bond donors (Lipinski definition) is 0. The number of rotatable bonds is 5. The highest BCUT2D eigenvalue weighted by atomic mass is 28.2. The van der Waals surface area contributed by atoms with E-state index in [0.29, 0.717) is 6.42 Å². The Labute approximate surface area is 77.0 Å². The van der Waals surface area contributed by atoms with Crippen molar-refractivity contribution in [2.45, 2.75) is 38.7 Å². The van der Waals surface area contributed by atoms with E-state index in [2.05, 4.69) is 4.74 Å². The second kappa shape index (κ2) is 5.32. The van der Waals surface area contributed by atoms with Crippen molar-refractivity contribution in [2.24, 2.45) is 0 Å². The summed E-state index contributed by atoms with van der Waals surface area (Å²) in [6.45, 7) is 4.08. The quantitative estimate of drug-likeness (QED) is 0.465. The van der Waals surface area contributed by atoms with E-state index in [1.165, 1.54) is 7.11 Å². The molecule has 0 spiro atoms. The minimum atomic E-state index is -0.140. The molecular weight excluding hydrogens is 172 g/mol. The van der Waals surface area contributed by atoms with Crippen LogP contribution in [-0.2, 0) is 14.0 Å². The van der Waals surface area contributed by atoms with E-state index in [-0.39, 0.29) is 11.6 Å². The van der Waals surface area contributed by atoms with Crippen molar-refractivity contribution in [3.63, 3.8) is 0 Å². The molecule has 0 saturated carbocycles. The molecule has 0 saturated heterocycles. The molecule has 0 aromatic rings. The van der Waals surface area contributed by atoms with Crippen LogP contribution in [0, 0.1) is 0 Å². The van der Waals surface area contributed by atoms with Gasteiger partial charge in [-0.05, 0) is 26.7 Å². The minimum absolute atomic E-state index is 0.0692. The average molecular weight is 190 g/mol. The third kappa shape index (κ3) is 5.32. The van der Waals surface area contributed by atoms with Gasteiger partial charge >= 0.3 is 5.97 Å². The van der Waals surface area contributed by atoms with Crippen molar-refractivity contribution in [1.82, 2.24) is 0 Å². The van der Waals surface area contributed by atoms with Crippen molar-refractivity contribution in [3.05, 3.63) is 0 Å². The Kier molecular flexibility index (Phi) is 5.16. The lowest BCUT2D eigenvalue weighted by Gasteiger charge is -2.23. The first kappa shape index (κ1) is 11.6. The van der Waals surface area contributed by atoms with E-state index < -0.39 is 0 Å². The lowest BCUT2D eigenvalue weighted by molar-refractivity contribution is -0.140. The zero-order chi connectivity index (χ0) is 9.61. The fourth-order valence-corrected chi connectivity index (χ4v) is 1.07. The molecular formula is C8H18O3Si. The standard InChI is InChI=1S/C8H18O3Si/c1-8(2,11-12)6-4-5-7(9)10-3/h4-6H2,1-3,12H3. The molecule has 4 heteroatoms. The van der Waals surface area contributed by atoms with Crippen molar-refractivity contribution in [1.29, 1.82) is 0 Å². The third-order valence-electron chi connectivity index (χ3n) is 1.94. The summed E-state index contributed by atoms with van der Waals surface area (Å²) in [6.07, 6.45) is 2.23. The molecule has 0 unspecified atom stereocenters. The number of hydrogen-bond acceptors (Lipinski definition) is 3. The van der Waals surface area contributed by atoms with E-state index in [1.807, 2.05) is 13.8 Å². The van der Waals surface area contributed by atoms with Crippen molar-refractivity contribution < 1.29 is 14.0 Å². The summed E-state index contributed by atoms with van der Waals surface area (Å²) in [5.41, 5.74) is -0.0692. The number of esters is 1. The van der Waals surface area contributed by atoms with Crippen LogP contribution in [0.25, 0.3) is 0 Å². The fourth-order valence-electron chi connectivity index (χ4n) is 0.863. The molecule has 0 amide bonds. The van der Waals surface area contributed by atoms with Gasteiger partial charge in [-0.3, -0.25) is 4.79 Å². The van der Waals surface area contributed by atoms with Gasteiger partial charge in [-0.25, -0.2) is 0 Å². The van der Waals surface area contributed by atoms with E-state index in [4.69, 9.17) is 4.43 Å². The maximum absolute atomic E-state index is 10.7. The molecule has 0 aliphatic rings. The Morgan fingerprint density at radius 1 is 1.50 bits per heavy atom. The SMILES string of the molecule is COC(=O)CCCC(C)(C)O[SiH3]. The molecule has 0 aromatic heterocycles. The van der Waals surface area contributed by atoms with E-state index in [1.54, 1.807) is 0 Å².